The SMILES string of the molecule is CCCNCCS(=O)(=O)N1CCCN(C)CC1CC. The highest BCUT2D eigenvalue weighted by Crippen LogP contribution is 2.16. The normalized spacial score (nSPS) is 23.4. The van der Waals surface area contributed by atoms with E-state index in [1.165, 1.54) is 0 Å². The molecule has 114 valence electrons. The molecule has 1 aliphatic heterocycles. The third-order valence-electron chi connectivity index (χ3n) is 3.64. The van der Waals surface area contributed by atoms with E-state index in [0.717, 1.165) is 38.9 Å². The van der Waals surface area contributed by atoms with E-state index in [4.69, 9.17) is 0 Å². The van der Waals surface area contributed by atoms with Crippen LogP contribution in [0.5, 0.6) is 0 Å². The summed E-state index contributed by atoms with van der Waals surface area (Å²) in [5.41, 5.74) is 0. The van der Waals surface area contributed by atoms with Crippen LogP contribution in [-0.4, -0.2) is 69.2 Å². The van der Waals surface area contributed by atoms with E-state index in [2.05, 4.69) is 31.1 Å². The number of likely N-dealkylation sites (N-methyl/N-ethyl adjacent to an activating group) is 1. The molecule has 0 spiro atoms. The molecule has 0 bridgehead atoms. The van der Waals surface area contributed by atoms with E-state index in [9.17, 15) is 8.42 Å². The molecule has 1 N–H and O–H groups in total. The molecule has 1 unspecified atom stereocenters. The Morgan fingerprint density at radius 1 is 1.21 bits per heavy atom. The maximum absolute atomic E-state index is 12.4. The highest BCUT2D eigenvalue weighted by atomic mass is 32.2. The van der Waals surface area contributed by atoms with Crippen molar-refractivity contribution in [3.05, 3.63) is 0 Å². The van der Waals surface area contributed by atoms with Gasteiger partial charge in [0.25, 0.3) is 0 Å². The number of sulfonamides is 1. The largest absolute Gasteiger partial charge is 0.316 e. The number of rotatable bonds is 7. The Kier molecular flexibility index (Phi) is 7.28. The smallest absolute Gasteiger partial charge is 0.215 e. The van der Waals surface area contributed by atoms with Gasteiger partial charge in [0, 0.05) is 25.7 Å². The van der Waals surface area contributed by atoms with Crippen LogP contribution in [0.2, 0.25) is 0 Å². The second kappa shape index (κ2) is 8.19. The highest BCUT2D eigenvalue weighted by Gasteiger charge is 2.30. The van der Waals surface area contributed by atoms with Gasteiger partial charge in [-0.05, 0) is 39.4 Å². The number of nitrogens with one attached hydrogen (secondary N) is 1. The molecule has 0 saturated carbocycles. The highest BCUT2D eigenvalue weighted by molar-refractivity contribution is 7.89. The third-order valence-corrected chi connectivity index (χ3v) is 5.56. The van der Waals surface area contributed by atoms with Gasteiger partial charge in [0.15, 0.2) is 0 Å². The lowest BCUT2D eigenvalue weighted by atomic mass is 10.2. The van der Waals surface area contributed by atoms with Crippen molar-refractivity contribution < 1.29 is 8.42 Å². The zero-order valence-corrected chi connectivity index (χ0v) is 13.4. The van der Waals surface area contributed by atoms with Crippen LogP contribution >= 0.6 is 0 Å². The van der Waals surface area contributed by atoms with Gasteiger partial charge in [0.2, 0.25) is 10.0 Å². The molecule has 1 aliphatic rings. The summed E-state index contributed by atoms with van der Waals surface area (Å²) in [7, 11) is -1.06. The van der Waals surface area contributed by atoms with Gasteiger partial charge in [-0.25, -0.2) is 8.42 Å². The van der Waals surface area contributed by atoms with Crippen molar-refractivity contribution in [3.8, 4) is 0 Å². The molecule has 0 aliphatic carbocycles. The van der Waals surface area contributed by atoms with Crippen LogP contribution in [0.25, 0.3) is 0 Å². The maximum atomic E-state index is 12.4. The molecule has 0 aromatic carbocycles. The van der Waals surface area contributed by atoms with Gasteiger partial charge >= 0.3 is 0 Å². The van der Waals surface area contributed by atoms with Crippen molar-refractivity contribution in [2.75, 3.05) is 45.5 Å². The van der Waals surface area contributed by atoms with E-state index in [1.807, 2.05) is 0 Å². The first-order valence-electron chi connectivity index (χ1n) is 7.40. The predicted octanol–water partition coefficient (Wildman–Crippen LogP) is 0.732. The molecule has 19 heavy (non-hydrogen) atoms. The van der Waals surface area contributed by atoms with Crippen LogP contribution in [0.1, 0.15) is 33.1 Å². The van der Waals surface area contributed by atoms with Gasteiger partial charge in [0.1, 0.15) is 0 Å². The lowest BCUT2D eigenvalue weighted by Gasteiger charge is -2.29. The third kappa shape index (κ3) is 5.38. The van der Waals surface area contributed by atoms with Gasteiger partial charge in [-0.1, -0.05) is 13.8 Å². The average Bonchev–Trinajstić information content (AvgIpc) is 2.56. The molecular formula is C13H29N3O2S. The Bertz CT molecular complexity index is 346. The molecule has 0 aromatic heterocycles. The summed E-state index contributed by atoms with van der Waals surface area (Å²) in [6, 6.07) is 0.128. The Morgan fingerprint density at radius 2 is 1.95 bits per heavy atom. The fraction of sp³-hybridized carbons (Fsp3) is 1.00. The quantitative estimate of drug-likeness (QED) is 0.703. The van der Waals surface area contributed by atoms with Crippen LogP contribution in [0.3, 0.4) is 0 Å². The first kappa shape index (κ1) is 16.9. The standard InChI is InChI=1S/C13H29N3O2S/c1-4-7-14-8-11-19(17,18)16-10-6-9-15(3)12-13(16)5-2/h13-14H,4-12H2,1-3H3. The molecule has 1 fully saturated rings. The van der Waals surface area contributed by atoms with Crippen LogP contribution in [0, 0.1) is 0 Å². The molecule has 6 heteroatoms. The summed E-state index contributed by atoms with van der Waals surface area (Å²) in [5.74, 6) is 0.215. The minimum atomic E-state index is -3.13. The molecule has 0 aromatic rings. The zero-order valence-electron chi connectivity index (χ0n) is 12.6. The Balaban J connectivity index is 2.62. The van der Waals surface area contributed by atoms with Gasteiger partial charge in [-0.3, -0.25) is 0 Å². The van der Waals surface area contributed by atoms with Gasteiger partial charge < -0.3 is 10.2 Å². The van der Waals surface area contributed by atoms with Crippen molar-refractivity contribution in [2.45, 2.75) is 39.2 Å². The van der Waals surface area contributed by atoms with Gasteiger partial charge in [0.05, 0.1) is 5.75 Å². The fourth-order valence-electron chi connectivity index (χ4n) is 2.54. The van der Waals surface area contributed by atoms with Crippen LogP contribution < -0.4 is 5.32 Å². The maximum Gasteiger partial charge on any atom is 0.215 e. The molecule has 1 atom stereocenters. The second-order valence-corrected chi connectivity index (χ2v) is 7.40. The minimum absolute atomic E-state index is 0.128. The average molecular weight is 291 g/mol. The molecule has 0 amide bonds. The van der Waals surface area contributed by atoms with E-state index in [-0.39, 0.29) is 11.8 Å². The zero-order chi connectivity index (χ0) is 14.3. The van der Waals surface area contributed by atoms with Crippen molar-refractivity contribution in [3.63, 3.8) is 0 Å². The van der Waals surface area contributed by atoms with E-state index in [1.54, 1.807) is 4.31 Å². The number of nitrogens with zero attached hydrogens (tertiary/aromatic N) is 2. The second-order valence-electron chi connectivity index (χ2n) is 5.35. The fourth-order valence-corrected chi connectivity index (χ4v) is 4.25. The Hall–Kier alpha value is -0.170. The summed E-state index contributed by atoms with van der Waals surface area (Å²) >= 11 is 0. The number of hydrogen-bond donors (Lipinski definition) is 1. The summed E-state index contributed by atoms with van der Waals surface area (Å²) < 4.78 is 26.6. The van der Waals surface area contributed by atoms with Crippen molar-refractivity contribution in [1.82, 2.24) is 14.5 Å². The summed E-state index contributed by atoms with van der Waals surface area (Å²) in [6.45, 7) is 8.09. The molecule has 1 heterocycles. The molecular weight excluding hydrogens is 262 g/mol. The lowest BCUT2D eigenvalue weighted by molar-refractivity contribution is 0.270. The molecule has 1 saturated heterocycles. The van der Waals surface area contributed by atoms with E-state index < -0.39 is 10.0 Å². The lowest BCUT2D eigenvalue weighted by Crippen LogP contribution is -2.45. The topological polar surface area (TPSA) is 52.7 Å². The van der Waals surface area contributed by atoms with E-state index in [0.29, 0.717) is 13.1 Å². The number of hydrogen-bond acceptors (Lipinski definition) is 4. The minimum Gasteiger partial charge on any atom is -0.316 e. The van der Waals surface area contributed by atoms with Crippen molar-refractivity contribution >= 4 is 10.0 Å². The summed E-state index contributed by atoms with van der Waals surface area (Å²) in [6.07, 6.45) is 2.84. The van der Waals surface area contributed by atoms with E-state index >= 15 is 0 Å². The monoisotopic (exact) mass is 291 g/mol. The first-order chi connectivity index (χ1) is 9.01. The van der Waals surface area contributed by atoms with Crippen molar-refractivity contribution in [1.29, 1.82) is 0 Å². The molecule has 0 radical (unpaired) electrons. The Labute approximate surface area is 118 Å². The molecule has 1 rings (SSSR count). The van der Waals surface area contributed by atoms with Gasteiger partial charge in [-0.2, -0.15) is 4.31 Å². The van der Waals surface area contributed by atoms with Crippen molar-refractivity contribution in [2.24, 2.45) is 0 Å². The van der Waals surface area contributed by atoms with Crippen LogP contribution in [0.4, 0.5) is 0 Å². The van der Waals surface area contributed by atoms with Crippen LogP contribution in [0.15, 0.2) is 0 Å². The summed E-state index contributed by atoms with van der Waals surface area (Å²) in [5, 5.41) is 3.17. The van der Waals surface area contributed by atoms with Gasteiger partial charge in [-0.15, -0.1) is 0 Å². The van der Waals surface area contributed by atoms with Crippen LogP contribution in [-0.2, 0) is 10.0 Å². The Morgan fingerprint density at radius 3 is 2.58 bits per heavy atom. The molecule has 5 nitrogen and oxygen atoms in total. The first-order valence-corrected chi connectivity index (χ1v) is 9.01. The predicted molar refractivity (Wildman–Crippen MR) is 79.8 cm³/mol. The summed E-state index contributed by atoms with van der Waals surface area (Å²) in [4.78, 5) is 2.24.